The molecular formula is C11H18N2O3. The van der Waals surface area contributed by atoms with E-state index in [0.717, 1.165) is 0 Å². The molecule has 0 aliphatic carbocycles. The predicted octanol–water partition coefficient (Wildman–Crippen LogP) is -0.725. The third-order valence-corrected chi connectivity index (χ3v) is 3.58. The second-order valence-corrected chi connectivity index (χ2v) is 5.45. The fraction of sp³-hybridized carbons (Fsp3) is 0.818. The number of hydrogen-bond acceptors (Lipinski definition) is 4. The standard InChI is InChI=1S/C11H18N2O3/c1-11(2)4-7(12)10(16)13-5-6(14)3-8(13)9(11)15/h6-8,14H,3-5,12H2,1-2H3/t6-,7+,8+/m1/s1. The van der Waals surface area contributed by atoms with Gasteiger partial charge in [-0.05, 0) is 6.42 Å². The number of ketones is 1. The van der Waals surface area contributed by atoms with Gasteiger partial charge in [0.1, 0.15) is 0 Å². The lowest BCUT2D eigenvalue weighted by Crippen LogP contribution is -2.45. The van der Waals surface area contributed by atoms with E-state index in [0.29, 0.717) is 12.8 Å². The zero-order valence-electron chi connectivity index (χ0n) is 9.64. The normalized spacial score (nSPS) is 38.5. The van der Waals surface area contributed by atoms with Crippen molar-refractivity contribution < 1.29 is 14.7 Å². The number of nitrogens with two attached hydrogens (primary N) is 1. The lowest BCUT2D eigenvalue weighted by molar-refractivity contribution is -0.137. The third kappa shape index (κ3) is 1.64. The summed E-state index contributed by atoms with van der Waals surface area (Å²) in [5, 5.41) is 9.56. The van der Waals surface area contributed by atoms with E-state index in [1.54, 1.807) is 0 Å². The van der Waals surface area contributed by atoms with Gasteiger partial charge in [0.2, 0.25) is 5.91 Å². The van der Waals surface area contributed by atoms with Crippen LogP contribution < -0.4 is 5.73 Å². The molecule has 3 N–H and O–H groups in total. The van der Waals surface area contributed by atoms with Gasteiger partial charge < -0.3 is 15.7 Å². The van der Waals surface area contributed by atoms with Gasteiger partial charge >= 0.3 is 0 Å². The SMILES string of the molecule is CC1(C)C[C@H](N)C(=O)N2C[C@H](O)C[C@H]2C1=O. The number of aliphatic hydroxyl groups excluding tert-OH is 1. The summed E-state index contributed by atoms with van der Waals surface area (Å²) in [7, 11) is 0. The van der Waals surface area contributed by atoms with Crippen molar-refractivity contribution in [2.24, 2.45) is 11.1 Å². The van der Waals surface area contributed by atoms with Gasteiger partial charge in [0, 0.05) is 18.4 Å². The van der Waals surface area contributed by atoms with Crippen LogP contribution in [0.15, 0.2) is 0 Å². The lowest BCUT2D eigenvalue weighted by Gasteiger charge is -2.25. The maximum atomic E-state index is 12.2. The zero-order valence-corrected chi connectivity index (χ0v) is 9.64. The Bertz CT molecular complexity index is 340. The smallest absolute Gasteiger partial charge is 0.240 e. The van der Waals surface area contributed by atoms with E-state index in [2.05, 4.69) is 0 Å². The molecule has 2 aliphatic heterocycles. The lowest BCUT2D eigenvalue weighted by atomic mass is 9.80. The Morgan fingerprint density at radius 2 is 2.06 bits per heavy atom. The number of hydrogen-bond donors (Lipinski definition) is 2. The van der Waals surface area contributed by atoms with Crippen LogP contribution in [-0.4, -0.2) is 46.4 Å². The Labute approximate surface area is 94.6 Å². The molecule has 0 radical (unpaired) electrons. The monoisotopic (exact) mass is 226 g/mol. The van der Waals surface area contributed by atoms with Gasteiger partial charge in [0.25, 0.3) is 0 Å². The summed E-state index contributed by atoms with van der Waals surface area (Å²) in [6, 6.07) is -1.11. The first kappa shape index (κ1) is 11.5. The summed E-state index contributed by atoms with van der Waals surface area (Å²) in [5.74, 6) is -0.189. The Balaban J connectivity index is 2.36. The number of Topliss-reactive ketones (excluding diaryl/α,β-unsaturated/α-hetero) is 1. The third-order valence-electron chi connectivity index (χ3n) is 3.58. The van der Waals surface area contributed by atoms with Gasteiger partial charge in [-0.25, -0.2) is 0 Å². The van der Waals surface area contributed by atoms with Gasteiger partial charge in [-0.2, -0.15) is 0 Å². The van der Waals surface area contributed by atoms with Crippen LogP contribution in [0.25, 0.3) is 0 Å². The number of rotatable bonds is 0. The number of fused-ring (bicyclic) bond motifs is 1. The highest BCUT2D eigenvalue weighted by atomic mass is 16.3. The largest absolute Gasteiger partial charge is 0.391 e. The molecule has 2 heterocycles. The first-order chi connectivity index (χ1) is 7.33. The molecule has 5 nitrogen and oxygen atoms in total. The molecule has 2 aliphatic rings. The van der Waals surface area contributed by atoms with Crippen molar-refractivity contribution in [1.82, 2.24) is 4.90 Å². The van der Waals surface area contributed by atoms with Crippen LogP contribution in [-0.2, 0) is 9.59 Å². The predicted molar refractivity (Wildman–Crippen MR) is 57.5 cm³/mol. The van der Waals surface area contributed by atoms with Gasteiger partial charge in [0.15, 0.2) is 5.78 Å². The van der Waals surface area contributed by atoms with E-state index >= 15 is 0 Å². The van der Waals surface area contributed by atoms with Crippen LogP contribution in [0.3, 0.4) is 0 Å². The topological polar surface area (TPSA) is 83.6 Å². The van der Waals surface area contributed by atoms with Crippen molar-refractivity contribution in [3.8, 4) is 0 Å². The second-order valence-electron chi connectivity index (χ2n) is 5.45. The van der Waals surface area contributed by atoms with Crippen molar-refractivity contribution in [1.29, 1.82) is 0 Å². The van der Waals surface area contributed by atoms with E-state index in [1.165, 1.54) is 4.90 Å². The van der Waals surface area contributed by atoms with Crippen LogP contribution in [0.5, 0.6) is 0 Å². The van der Waals surface area contributed by atoms with E-state index in [1.807, 2.05) is 13.8 Å². The van der Waals surface area contributed by atoms with Crippen molar-refractivity contribution in [3.63, 3.8) is 0 Å². The van der Waals surface area contributed by atoms with Gasteiger partial charge in [-0.3, -0.25) is 9.59 Å². The molecule has 0 aromatic carbocycles. The number of aliphatic hydroxyl groups is 1. The average Bonchev–Trinajstić information content (AvgIpc) is 2.54. The van der Waals surface area contributed by atoms with Crippen LogP contribution in [0.4, 0.5) is 0 Å². The molecule has 90 valence electrons. The Hall–Kier alpha value is -0.940. The molecule has 16 heavy (non-hydrogen) atoms. The van der Waals surface area contributed by atoms with Crippen molar-refractivity contribution in [2.45, 2.75) is 44.9 Å². The molecule has 0 aromatic heterocycles. The van der Waals surface area contributed by atoms with Gasteiger partial charge in [-0.15, -0.1) is 0 Å². The van der Waals surface area contributed by atoms with E-state index in [-0.39, 0.29) is 18.2 Å². The number of carbonyl (C=O) groups is 2. The molecule has 0 unspecified atom stereocenters. The minimum atomic E-state index is -0.630. The first-order valence-corrected chi connectivity index (χ1v) is 5.61. The highest BCUT2D eigenvalue weighted by molar-refractivity contribution is 5.97. The Kier molecular flexibility index (Phi) is 2.55. The van der Waals surface area contributed by atoms with Crippen LogP contribution >= 0.6 is 0 Å². The molecular weight excluding hydrogens is 208 g/mol. The van der Waals surface area contributed by atoms with Gasteiger partial charge in [0.05, 0.1) is 18.2 Å². The molecule has 0 bridgehead atoms. The number of amides is 1. The quantitative estimate of drug-likeness (QED) is 0.570. The summed E-state index contributed by atoms with van der Waals surface area (Å²) in [4.78, 5) is 25.6. The minimum Gasteiger partial charge on any atom is -0.391 e. The fourth-order valence-electron chi connectivity index (χ4n) is 2.71. The van der Waals surface area contributed by atoms with Crippen LogP contribution in [0.1, 0.15) is 26.7 Å². The maximum absolute atomic E-state index is 12.2. The molecule has 0 spiro atoms. The van der Waals surface area contributed by atoms with Crippen LogP contribution in [0.2, 0.25) is 0 Å². The summed E-state index contributed by atoms with van der Waals surface area (Å²) in [6.45, 7) is 3.87. The number of nitrogens with zero attached hydrogens (tertiary/aromatic N) is 1. The Morgan fingerprint density at radius 3 is 2.69 bits per heavy atom. The Morgan fingerprint density at radius 1 is 1.44 bits per heavy atom. The number of carbonyl (C=O) groups excluding carboxylic acids is 2. The minimum absolute atomic E-state index is 0.0188. The summed E-state index contributed by atoms with van der Waals surface area (Å²) in [6.07, 6.45) is 0.132. The summed E-state index contributed by atoms with van der Waals surface area (Å²) in [5.41, 5.74) is 5.21. The van der Waals surface area contributed by atoms with Gasteiger partial charge in [-0.1, -0.05) is 13.8 Å². The molecule has 0 aromatic rings. The molecule has 5 heteroatoms. The van der Waals surface area contributed by atoms with E-state index in [4.69, 9.17) is 5.73 Å². The van der Waals surface area contributed by atoms with Crippen molar-refractivity contribution in [3.05, 3.63) is 0 Å². The van der Waals surface area contributed by atoms with E-state index < -0.39 is 23.6 Å². The molecule has 2 saturated heterocycles. The second kappa shape index (κ2) is 3.53. The highest BCUT2D eigenvalue weighted by Gasteiger charge is 2.49. The van der Waals surface area contributed by atoms with E-state index in [9.17, 15) is 14.7 Å². The van der Waals surface area contributed by atoms with Crippen LogP contribution in [0, 0.1) is 5.41 Å². The molecule has 2 rings (SSSR count). The molecule has 1 amide bonds. The van der Waals surface area contributed by atoms with Crippen molar-refractivity contribution >= 4 is 11.7 Å². The average molecular weight is 226 g/mol. The van der Waals surface area contributed by atoms with Crippen molar-refractivity contribution in [2.75, 3.05) is 6.54 Å². The highest BCUT2D eigenvalue weighted by Crippen LogP contribution is 2.34. The molecule has 2 fully saturated rings. The first-order valence-electron chi connectivity index (χ1n) is 5.61. The molecule has 0 saturated carbocycles. The summed E-state index contributed by atoms with van der Waals surface area (Å²) >= 11 is 0. The molecule has 3 atom stereocenters. The summed E-state index contributed by atoms with van der Waals surface area (Å²) < 4.78 is 0. The fourth-order valence-corrected chi connectivity index (χ4v) is 2.71. The zero-order chi connectivity index (χ0) is 12.1. The maximum Gasteiger partial charge on any atom is 0.240 e.